The highest BCUT2D eigenvalue weighted by Gasteiger charge is 2.26. The highest BCUT2D eigenvalue weighted by Crippen LogP contribution is 2.28. The maximum Gasteiger partial charge on any atom is 0.416 e. The molecule has 0 saturated carbocycles. The number of aromatic nitrogens is 1. The van der Waals surface area contributed by atoms with E-state index in [0.29, 0.717) is 30.3 Å². The Labute approximate surface area is 231 Å². The fourth-order valence-corrected chi connectivity index (χ4v) is 4.93. The predicted octanol–water partition coefficient (Wildman–Crippen LogP) is 6.40. The summed E-state index contributed by atoms with van der Waals surface area (Å²) < 4.78 is 16.5. The maximum atomic E-state index is 12.9. The third kappa shape index (κ3) is 7.36. The summed E-state index contributed by atoms with van der Waals surface area (Å²) in [6, 6.07) is 23.3. The number of amides is 1. The molecule has 0 aliphatic heterocycles. The van der Waals surface area contributed by atoms with Gasteiger partial charge < -0.3 is 19.3 Å². The highest BCUT2D eigenvalue weighted by molar-refractivity contribution is 7.15. The molecule has 0 radical (unpaired) electrons. The number of rotatable bonds is 11. The SMILES string of the molecule is COc1ccc(OC(=O)N(CC(=O)O)[C@H](C)c2ccc(OCCc3nc(-c4ccccc4)sc3C)cc2)cc1. The van der Waals surface area contributed by atoms with E-state index in [9.17, 15) is 14.7 Å². The Hall–Kier alpha value is -4.37. The molecular weight excluding hydrogens is 516 g/mol. The van der Waals surface area contributed by atoms with Crippen LogP contribution < -0.4 is 14.2 Å². The lowest BCUT2D eigenvalue weighted by Gasteiger charge is -2.27. The van der Waals surface area contributed by atoms with E-state index >= 15 is 0 Å². The molecule has 1 N–H and O–H groups in total. The molecule has 1 heterocycles. The molecule has 8 nitrogen and oxygen atoms in total. The van der Waals surface area contributed by atoms with Gasteiger partial charge in [0.15, 0.2) is 0 Å². The van der Waals surface area contributed by atoms with Gasteiger partial charge in [0, 0.05) is 16.9 Å². The van der Waals surface area contributed by atoms with E-state index < -0.39 is 24.6 Å². The van der Waals surface area contributed by atoms with Crippen molar-refractivity contribution in [2.45, 2.75) is 26.3 Å². The summed E-state index contributed by atoms with van der Waals surface area (Å²) in [5.41, 5.74) is 2.87. The first-order valence-corrected chi connectivity index (χ1v) is 13.2. The number of ether oxygens (including phenoxy) is 3. The molecule has 0 bridgehead atoms. The van der Waals surface area contributed by atoms with Crippen LogP contribution >= 0.6 is 11.3 Å². The number of aryl methyl sites for hydroxylation is 1. The lowest BCUT2D eigenvalue weighted by molar-refractivity contribution is -0.138. The summed E-state index contributed by atoms with van der Waals surface area (Å²) in [6.07, 6.45) is -0.0828. The Morgan fingerprint density at radius 3 is 2.23 bits per heavy atom. The van der Waals surface area contributed by atoms with Gasteiger partial charge >= 0.3 is 12.1 Å². The number of nitrogens with zero attached hydrogens (tertiary/aromatic N) is 2. The molecule has 0 aliphatic carbocycles. The molecule has 0 aliphatic rings. The Bertz CT molecular complexity index is 1390. The van der Waals surface area contributed by atoms with Gasteiger partial charge in [0.25, 0.3) is 0 Å². The first-order valence-electron chi connectivity index (χ1n) is 12.4. The number of aliphatic carboxylic acids is 1. The van der Waals surface area contributed by atoms with Gasteiger partial charge in [-0.15, -0.1) is 11.3 Å². The smallest absolute Gasteiger partial charge is 0.416 e. The first kappa shape index (κ1) is 27.7. The topological polar surface area (TPSA) is 98.2 Å². The van der Waals surface area contributed by atoms with E-state index in [-0.39, 0.29) is 0 Å². The average molecular weight is 547 g/mol. The third-order valence-electron chi connectivity index (χ3n) is 6.16. The van der Waals surface area contributed by atoms with Gasteiger partial charge in [-0.2, -0.15) is 0 Å². The Balaban J connectivity index is 1.36. The van der Waals surface area contributed by atoms with Crippen LogP contribution in [0.2, 0.25) is 0 Å². The predicted molar refractivity (Wildman–Crippen MR) is 150 cm³/mol. The second kappa shape index (κ2) is 12.9. The molecular formula is C30H30N2O6S. The van der Waals surface area contributed by atoms with Crippen LogP contribution in [0.3, 0.4) is 0 Å². The van der Waals surface area contributed by atoms with Crippen LogP contribution in [0.25, 0.3) is 10.6 Å². The normalized spacial score (nSPS) is 11.5. The minimum absolute atomic E-state index is 0.290. The zero-order chi connectivity index (χ0) is 27.8. The molecule has 202 valence electrons. The number of carboxylic acids is 1. The standard InChI is InChI=1S/C30H30N2O6S/c1-20(32(19-28(33)34)30(35)38-26-15-13-24(36-3)14-16-26)22-9-11-25(12-10-22)37-18-17-27-21(2)39-29(31-27)23-7-5-4-6-8-23/h4-16,20H,17-19H2,1-3H3,(H,33,34)/t20-/m1/s1. The second-order valence-corrected chi connectivity index (χ2v) is 10.00. The van der Waals surface area contributed by atoms with Gasteiger partial charge in [-0.3, -0.25) is 9.69 Å². The van der Waals surface area contributed by atoms with Crippen LogP contribution in [-0.4, -0.2) is 47.3 Å². The van der Waals surface area contributed by atoms with Crippen LogP contribution in [0.15, 0.2) is 78.9 Å². The van der Waals surface area contributed by atoms with E-state index in [1.807, 2.05) is 42.5 Å². The van der Waals surface area contributed by atoms with Crippen molar-refractivity contribution >= 4 is 23.4 Å². The number of hydrogen-bond acceptors (Lipinski definition) is 7. The molecule has 1 aromatic heterocycles. The quantitative estimate of drug-likeness (QED) is 0.233. The molecule has 4 aromatic rings. The third-order valence-corrected chi connectivity index (χ3v) is 7.22. The summed E-state index contributed by atoms with van der Waals surface area (Å²) in [7, 11) is 1.54. The van der Waals surface area contributed by atoms with E-state index in [1.54, 1.807) is 42.5 Å². The molecule has 39 heavy (non-hydrogen) atoms. The van der Waals surface area contributed by atoms with Crippen molar-refractivity contribution in [1.82, 2.24) is 9.88 Å². The molecule has 0 fully saturated rings. The zero-order valence-electron chi connectivity index (χ0n) is 22.0. The molecule has 9 heteroatoms. The largest absolute Gasteiger partial charge is 0.497 e. The van der Waals surface area contributed by atoms with Crippen LogP contribution in [0, 0.1) is 6.92 Å². The number of carbonyl (C=O) groups is 2. The average Bonchev–Trinajstić information content (AvgIpc) is 3.32. The number of carboxylic acid groups (broad SMARTS) is 1. The molecule has 0 saturated heterocycles. The summed E-state index contributed by atoms with van der Waals surface area (Å²) >= 11 is 1.67. The molecule has 0 spiro atoms. The van der Waals surface area contributed by atoms with Crippen molar-refractivity contribution in [3.63, 3.8) is 0 Å². The van der Waals surface area contributed by atoms with Crippen molar-refractivity contribution < 1.29 is 28.9 Å². The second-order valence-electron chi connectivity index (χ2n) is 8.80. The number of benzene rings is 3. The van der Waals surface area contributed by atoms with Crippen molar-refractivity contribution in [3.8, 4) is 27.8 Å². The Morgan fingerprint density at radius 1 is 0.949 bits per heavy atom. The fraction of sp³-hybridized carbons (Fsp3) is 0.233. The van der Waals surface area contributed by atoms with Crippen LogP contribution in [0.1, 0.15) is 29.1 Å². The molecule has 1 atom stereocenters. The van der Waals surface area contributed by atoms with E-state index in [1.165, 1.54) is 12.0 Å². The van der Waals surface area contributed by atoms with Gasteiger partial charge in [0.1, 0.15) is 28.8 Å². The van der Waals surface area contributed by atoms with Gasteiger partial charge in [0.05, 0.1) is 25.5 Å². The number of thiazole rings is 1. The lowest BCUT2D eigenvalue weighted by atomic mass is 10.1. The van der Waals surface area contributed by atoms with Gasteiger partial charge in [-0.25, -0.2) is 9.78 Å². The number of hydrogen-bond donors (Lipinski definition) is 1. The van der Waals surface area contributed by atoms with Crippen LogP contribution in [0.5, 0.6) is 17.2 Å². The van der Waals surface area contributed by atoms with E-state index in [2.05, 4.69) is 19.1 Å². The minimum Gasteiger partial charge on any atom is -0.497 e. The van der Waals surface area contributed by atoms with E-state index in [4.69, 9.17) is 19.2 Å². The monoisotopic (exact) mass is 546 g/mol. The Morgan fingerprint density at radius 2 is 1.59 bits per heavy atom. The first-order chi connectivity index (χ1) is 18.8. The van der Waals surface area contributed by atoms with Crippen molar-refractivity contribution in [1.29, 1.82) is 0 Å². The summed E-state index contributed by atoms with van der Waals surface area (Å²) in [4.78, 5) is 31.5. The molecule has 3 aromatic carbocycles. The molecule has 4 rings (SSSR count). The van der Waals surface area contributed by atoms with E-state index in [0.717, 1.165) is 26.7 Å². The van der Waals surface area contributed by atoms with Crippen LogP contribution in [0.4, 0.5) is 4.79 Å². The summed E-state index contributed by atoms with van der Waals surface area (Å²) in [6.45, 7) is 3.78. The highest BCUT2D eigenvalue weighted by atomic mass is 32.1. The Kier molecular flexibility index (Phi) is 9.17. The minimum atomic E-state index is -1.14. The summed E-state index contributed by atoms with van der Waals surface area (Å²) in [5, 5.41) is 10.4. The lowest BCUT2D eigenvalue weighted by Crippen LogP contribution is -2.39. The summed E-state index contributed by atoms with van der Waals surface area (Å²) in [5.74, 6) is 0.443. The van der Waals surface area contributed by atoms with Crippen molar-refractivity contribution in [2.24, 2.45) is 0 Å². The van der Waals surface area contributed by atoms with Gasteiger partial charge in [0.2, 0.25) is 0 Å². The zero-order valence-corrected chi connectivity index (χ0v) is 22.8. The molecule has 0 unspecified atom stereocenters. The van der Waals surface area contributed by atoms with Crippen molar-refractivity contribution in [2.75, 3.05) is 20.3 Å². The number of carbonyl (C=O) groups excluding carboxylic acids is 1. The van der Waals surface area contributed by atoms with Crippen LogP contribution in [-0.2, 0) is 11.2 Å². The maximum absolute atomic E-state index is 12.9. The van der Waals surface area contributed by atoms with Gasteiger partial charge in [-0.05, 0) is 55.8 Å². The fourth-order valence-electron chi connectivity index (χ4n) is 3.96. The van der Waals surface area contributed by atoms with Crippen molar-refractivity contribution in [3.05, 3.63) is 95.0 Å². The van der Waals surface area contributed by atoms with Gasteiger partial charge in [-0.1, -0.05) is 42.5 Å². The molecule has 1 amide bonds. The number of methoxy groups -OCH3 is 1.